The van der Waals surface area contributed by atoms with Crippen LogP contribution in [-0.2, 0) is 11.8 Å². The number of nitrogens with zero attached hydrogens (tertiary/aromatic N) is 2. The first-order valence-electron chi connectivity index (χ1n) is 7.91. The van der Waals surface area contributed by atoms with Crippen LogP contribution in [0.25, 0.3) is 0 Å². The van der Waals surface area contributed by atoms with Gasteiger partial charge in [-0.2, -0.15) is 0 Å². The van der Waals surface area contributed by atoms with Crippen LogP contribution in [0.2, 0.25) is 0 Å². The zero-order chi connectivity index (χ0) is 19.4. The molecule has 1 aromatic heterocycles. The Bertz CT molecular complexity index is 772. The number of benzene rings is 1. The Morgan fingerprint density at radius 1 is 1.26 bits per heavy atom. The Balaban J connectivity index is 0.00000364. The minimum atomic E-state index is -4.78. The van der Waals surface area contributed by atoms with E-state index in [4.69, 9.17) is 5.73 Å². The molecule has 0 aliphatic rings. The van der Waals surface area contributed by atoms with Crippen molar-refractivity contribution in [1.82, 2.24) is 4.98 Å². The Hall–Kier alpha value is -1.56. The van der Waals surface area contributed by atoms with E-state index in [1.54, 1.807) is 17.4 Å². The highest BCUT2D eigenvalue weighted by Crippen LogP contribution is 2.29. The van der Waals surface area contributed by atoms with Crippen LogP contribution in [0.3, 0.4) is 0 Å². The van der Waals surface area contributed by atoms with Crippen LogP contribution in [0.15, 0.2) is 34.6 Å². The van der Waals surface area contributed by atoms with E-state index in [1.807, 2.05) is 5.38 Å². The van der Waals surface area contributed by atoms with E-state index in [1.165, 1.54) is 18.2 Å². The van der Waals surface area contributed by atoms with Crippen molar-refractivity contribution in [2.45, 2.75) is 39.0 Å². The molecule has 0 unspecified atom stereocenters. The van der Waals surface area contributed by atoms with E-state index in [2.05, 4.69) is 40.8 Å². The summed E-state index contributed by atoms with van der Waals surface area (Å²) >= 11 is 1.55. The molecule has 5 nitrogen and oxygen atoms in total. The second-order valence-corrected chi connectivity index (χ2v) is 7.51. The quantitative estimate of drug-likeness (QED) is 0.338. The van der Waals surface area contributed by atoms with Crippen molar-refractivity contribution in [3.63, 3.8) is 0 Å². The van der Waals surface area contributed by atoms with Gasteiger partial charge in [0.25, 0.3) is 0 Å². The average Bonchev–Trinajstić information content (AvgIpc) is 2.97. The number of guanidine groups is 1. The second kappa shape index (κ2) is 9.58. The molecule has 1 aromatic carbocycles. The van der Waals surface area contributed by atoms with Crippen molar-refractivity contribution in [3.05, 3.63) is 40.3 Å². The van der Waals surface area contributed by atoms with Gasteiger partial charge in [0.05, 0.1) is 16.4 Å². The molecule has 10 heteroatoms. The van der Waals surface area contributed by atoms with Gasteiger partial charge in [-0.1, -0.05) is 32.9 Å². The van der Waals surface area contributed by atoms with Gasteiger partial charge in [-0.3, -0.25) is 4.99 Å². The molecule has 0 aliphatic carbocycles. The van der Waals surface area contributed by atoms with Crippen molar-refractivity contribution < 1.29 is 17.9 Å². The van der Waals surface area contributed by atoms with E-state index in [-0.39, 0.29) is 46.8 Å². The van der Waals surface area contributed by atoms with Crippen LogP contribution in [0, 0.1) is 0 Å². The number of halogens is 4. The molecule has 0 fully saturated rings. The molecule has 2 aromatic rings. The van der Waals surface area contributed by atoms with Gasteiger partial charge in [-0.25, -0.2) is 4.98 Å². The molecule has 1 heterocycles. The molecule has 27 heavy (non-hydrogen) atoms. The maximum Gasteiger partial charge on any atom is 0.573 e. The largest absolute Gasteiger partial charge is 0.573 e. The van der Waals surface area contributed by atoms with Crippen LogP contribution in [0.4, 0.5) is 18.9 Å². The molecule has 150 valence electrons. The van der Waals surface area contributed by atoms with Crippen molar-refractivity contribution in [2.24, 2.45) is 10.7 Å². The molecule has 0 atom stereocenters. The molecule has 0 amide bonds. The molecule has 0 saturated carbocycles. The first-order valence-corrected chi connectivity index (χ1v) is 8.79. The number of aliphatic imine (C=N–C) groups is 1. The molecule has 0 spiro atoms. The highest BCUT2D eigenvalue weighted by Gasteiger charge is 2.32. The predicted molar refractivity (Wildman–Crippen MR) is 113 cm³/mol. The Morgan fingerprint density at radius 3 is 2.52 bits per heavy atom. The van der Waals surface area contributed by atoms with Gasteiger partial charge in [0.2, 0.25) is 0 Å². The Kier molecular flexibility index (Phi) is 8.33. The van der Waals surface area contributed by atoms with Crippen LogP contribution in [0.1, 0.15) is 31.5 Å². The zero-order valence-corrected chi connectivity index (χ0v) is 18.3. The third-order valence-corrected chi connectivity index (χ3v) is 4.21. The molecular weight excluding hydrogens is 492 g/mol. The van der Waals surface area contributed by atoms with E-state index >= 15 is 0 Å². The highest BCUT2D eigenvalue weighted by molar-refractivity contribution is 14.0. The van der Waals surface area contributed by atoms with Gasteiger partial charge >= 0.3 is 6.36 Å². The highest BCUT2D eigenvalue weighted by atomic mass is 127. The maximum absolute atomic E-state index is 12.4. The van der Waals surface area contributed by atoms with Crippen molar-refractivity contribution in [2.75, 3.05) is 11.9 Å². The van der Waals surface area contributed by atoms with Gasteiger partial charge in [-0.15, -0.1) is 48.5 Å². The number of anilines is 1. The van der Waals surface area contributed by atoms with Gasteiger partial charge in [-0.05, 0) is 12.1 Å². The first-order chi connectivity index (χ1) is 12.0. The van der Waals surface area contributed by atoms with Crippen molar-refractivity contribution in [3.8, 4) is 5.75 Å². The van der Waals surface area contributed by atoms with Crippen LogP contribution in [0.5, 0.6) is 5.75 Å². The number of nitrogens with one attached hydrogen (secondary N) is 1. The molecule has 0 radical (unpaired) electrons. The normalized spacial score (nSPS) is 12.4. The summed E-state index contributed by atoms with van der Waals surface area (Å²) < 4.78 is 41.2. The summed E-state index contributed by atoms with van der Waals surface area (Å²) in [7, 11) is 0. The molecule has 3 N–H and O–H groups in total. The van der Waals surface area contributed by atoms with E-state index in [0.717, 1.165) is 10.7 Å². The number of ether oxygens (including phenoxy) is 1. The topological polar surface area (TPSA) is 72.5 Å². The summed E-state index contributed by atoms with van der Waals surface area (Å²) in [4.78, 5) is 8.70. The summed E-state index contributed by atoms with van der Waals surface area (Å²) in [5.74, 6) is -0.358. The third-order valence-electron chi connectivity index (χ3n) is 3.30. The minimum absolute atomic E-state index is 0. The second-order valence-electron chi connectivity index (χ2n) is 6.56. The molecule has 0 aliphatic heterocycles. The first kappa shape index (κ1) is 23.5. The standard InChI is InChI=1S/C17H21F3N4OS.HI/c1-16(2,3)13-10-26-14(24-13)8-9-22-15(21)23-11-6-4-5-7-12(11)25-17(18,19)20;/h4-7,10H,8-9H2,1-3H3,(H3,21,22,23);1H. The summed E-state index contributed by atoms with van der Waals surface area (Å²) in [5.41, 5.74) is 6.86. The number of hydrogen-bond donors (Lipinski definition) is 2. The lowest BCUT2D eigenvalue weighted by Crippen LogP contribution is -2.24. The molecule has 0 saturated heterocycles. The van der Waals surface area contributed by atoms with Gasteiger partial charge in [0.15, 0.2) is 11.7 Å². The number of hydrogen-bond acceptors (Lipinski definition) is 4. The average molecular weight is 514 g/mol. The molecular formula is C17H22F3IN4OS. The Morgan fingerprint density at radius 2 is 1.93 bits per heavy atom. The Labute approximate surface area is 177 Å². The lowest BCUT2D eigenvalue weighted by Gasteiger charge is -2.14. The fraction of sp³-hybridized carbons (Fsp3) is 0.412. The summed E-state index contributed by atoms with van der Waals surface area (Å²) in [6, 6.07) is 5.64. The van der Waals surface area contributed by atoms with Crippen molar-refractivity contribution in [1.29, 1.82) is 0 Å². The SMILES string of the molecule is CC(C)(C)c1csc(CCN=C(N)Nc2ccccc2OC(F)(F)F)n1.I. The smallest absolute Gasteiger partial charge is 0.404 e. The zero-order valence-electron chi connectivity index (χ0n) is 15.1. The summed E-state index contributed by atoms with van der Waals surface area (Å²) in [5, 5.41) is 5.59. The molecule has 0 bridgehead atoms. The number of alkyl halides is 3. The number of nitrogens with two attached hydrogens (primary N) is 1. The maximum atomic E-state index is 12.4. The number of aromatic nitrogens is 1. The fourth-order valence-electron chi connectivity index (χ4n) is 2.00. The van der Waals surface area contributed by atoms with E-state index < -0.39 is 6.36 Å². The van der Waals surface area contributed by atoms with Crippen molar-refractivity contribution >= 4 is 47.0 Å². The lowest BCUT2D eigenvalue weighted by atomic mass is 9.93. The monoisotopic (exact) mass is 514 g/mol. The third kappa shape index (κ3) is 7.91. The van der Waals surface area contributed by atoms with Gasteiger partial charge in [0, 0.05) is 23.8 Å². The van der Waals surface area contributed by atoms with Gasteiger partial charge in [0.1, 0.15) is 0 Å². The summed E-state index contributed by atoms with van der Waals surface area (Å²) in [6.07, 6.45) is -4.18. The number of thiazole rings is 1. The number of para-hydroxylation sites is 2. The van der Waals surface area contributed by atoms with E-state index in [0.29, 0.717) is 13.0 Å². The molecule has 2 rings (SSSR count). The van der Waals surface area contributed by atoms with Crippen LogP contribution < -0.4 is 15.8 Å². The summed E-state index contributed by atoms with van der Waals surface area (Å²) in [6.45, 7) is 6.64. The van der Waals surface area contributed by atoms with Crippen LogP contribution >= 0.6 is 35.3 Å². The fourth-order valence-corrected chi connectivity index (χ4v) is 3.02. The van der Waals surface area contributed by atoms with Gasteiger partial charge < -0.3 is 15.8 Å². The van der Waals surface area contributed by atoms with E-state index in [9.17, 15) is 13.2 Å². The number of rotatable bonds is 5. The predicted octanol–water partition coefficient (Wildman–Crippen LogP) is 4.93. The lowest BCUT2D eigenvalue weighted by molar-refractivity contribution is -0.274. The van der Waals surface area contributed by atoms with Crippen LogP contribution in [-0.4, -0.2) is 23.9 Å². The minimum Gasteiger partial charge on any atom is -0.404 e.